The van der Waals surface area contributed by atoms with Gasteiger partial charge in [-0.05, 0) is 18.4 Å². The van der Waals surface area contributed by atoms with Gasteiger partial charge in [-0.25, -0.2) is 14.4 Å². The molecule has 1 rings (SSSR count). The summed E-state index contributed by atoms with van der Waals surface area (Å²) in [5.74, 6) is -0.184. The summed E-state index contributed by atoms with van der Waals surface area (Å²) in [5, 5.41) is 16.5. The van der Waals surface area contributed by atoms with Crippen LogP contribution in [0, 0.1) is 0 Å². The van der Waals surface area contributed by atoms with Crippen molar-refractivity contribution in [2.24, 2.45) is 0 Å². The van der Waals surface area contributed by atoms with Crippen LogP contribution in [0.2, 0.25) is 0 Å². The number of amides is 7. The molecule has 0 saturated heterocycles. The van der Waals surface area contributed by atoms with Gasteiger partial charge in [-0.3, -0.25) is 4.79 Å². The highest BCUT2D eigenvalue weighted by molar-refractivity contribution is 7.98. The first-order valence-corrected chi connectivity index (χ1v) is 11.0. The molecular weight excluding hydrogens is 422 g/mol. The van der Waals surface area contributed by atoms with Crippen LogP contribution in [-0.4, -0.2) is 57.3 Å². The van der Waals surface area contributed by atoms with Gasteiger partial charge < -0.3 is 37.2 Å². The fourth-order valence-electron chi connectivity index (χ4n) is 1.53. The van der Waals surface area contributed by atoms with Crippen LogP contribution in [0.5, 0.6) is 0 Å². The van der Waals surface area contributed by atoms with Gasteiger partial charge in [0.25, 0.3) is 0 Å². The Bertz CT molecular complexity index is 599. The minimum absolute atomic E-state index is 0.000746. The van der Waals surface area contributed by atoms with Gasteiger partial charge in [-0.15, -0.1) is 11.8 Å². The molecule has 12 heteroatoms. The molecule has 7 N–H and O–H groups in total. The summed E-state index contributed by atoms with van der Waals surface area (Å²) >= 11 is 1.77. The first-order valence-electron chi connectivity index (χ1n) is 9.77. The molecule has 0 heterocycles. The van der Waals surface area contributed by atoms with E-state index in [4.69, 9.17) is 0 Å². The van der Waals surface area contributed by atoms with Gasteiger partial charge >= 0.3 is 18.1 Å². The number of carbonyl (C=O) groups is 4. The van der Waals surface area contributed by atoms with E-state index < -0.39 is 18.1 Å². The molecule has 1 aromatic carbocycles. The number of hydrogen-bond donors (Lipinski definition) is 7. The van der Waals surface area contributed by atoms with E-state index in [0.717, 1.165) is 0 Å². The third-order valence-electron chi connectivity index (χ3n) is 3.06. The van der Waals surface area contributed by atoms with Crippen molar-refractivity contribution < 1.29 is 19.2 Å². The summed E-state index contributed by atoms with van der Waals surface area (Å²) in [7, 11) is 1.45. The predicted molar refractivity (Wildman–Crippen MR) is 124 cm³/mol. The SMILES string of the molecule is CC.CCC(=O)NCNC(=O)NCNC(=O)NCNC(=O)NC.CSc1ccccc1. The molecule has 7 amide bonds. The van der Waals surface area contributed by atoms with Crippen LogP contribution >= 0.6 is 11.8 Å². The highest BCUT2D eigenvalue weighted by Gasteiger charge is 2.02. The lowest BCUT2D eigenvalue weighted by atomic mass is 10.4. The first kappa shape index (κ1) is 30.0. The second kappa shape index (κ2) is 21.6. The van der Waals surface area contributed by atoms with E-state index in [2.05, 4.69) is 55.6 Å². The van der Waals surface area contributed by atoms with Crippen molar-refractivity contribution in [2.45, 2.75) is 32.1 Å². The number of carbonyl (C=O) groups excluding carboxylic acids is 4. The van der Waals surface area contributed by atoms with Crippen molar-refractivity contribution in [1.29, 1.82) is 0 Å². The zero-order chi connectivity index (χ0) is 23.9. The summed E-state index contributed by atoms with van der Waals surface area (Å²) in [6, 6.07) is 8.79. The lowest BCUT2D eigenvalue weighted by Gasteiger charge is -2.10. The monoisotopic (exact) mass is 457 g/mol. The van der Waals surface area contributed by atoms with Gasteiger partial charge in [-0.1, -0.05) is 39.0 Å². The summed E-state index contributed by atoms with van der Waals surface area (Å²) in [4.78, 5) is 45.4. The Balaban J connectivity index is 0. The van der Waals surface area contributed by atoms with E-state index in [1.807, 2.05) is 32.0 Å². The van der Waals surface area contributed by atoms with Crippen LogP contribution in [0.3, 0.4) is 0 Å². The first-order chi connectivity index (χ1) is 14.9. The minimum atomic E-state index is -0.564. The zero-order valence-corrected chi connectivity index (χ0v) is 19.6. The van der Waals surface area contributed by atoms with E-state index in [1.54, 1.807) is 18.7 Å². The Kier molecular flexibility index (Phi) is 20.9. The van der Waals surface area contributed by atoms with Crippen LogP contribution < -0.4 is 37.2 Å². The highest BCUT2D eigenvalue weighted by atomic mass is 32.2. The normalized spacial score (nSPS) is 8.68. The number of hydrogen-bond acceptors (Lipinski definition) is 5. The number of thioether (sulfide) groups is 1. The number of rotatable bonds is 8. The fraction of sp³-hybridized carbons (Fsp3) is 0.474. The number of urea groups is 3. The van der Waals surface area contributed by atoms with Crippen LogP contribution in [0.25, 0.3) is 0 Å². The number of benzene rings is 1. The molecule has 0 aliphatic carbocycles. The van der Waals surface area contributed by atoms with Crippen molar-refractivity contribution in [2.75, 3.05) is 33.3 Å². The van der Waals surface area contributed by atoms with E-state index in [1.165, 1.54) is 11.9 Å². The van der Waals surface area contributed by atoms with Crippen LogP contribution in [0.1, 0.15) is 27.2 Å². The summed E-state index contributed by atoms with van der Waals surface area (Å²) in [5.41, 5.74) is 0. The highest BCUT2D eigenvalue weighted by Crippen LogP contribution is 2.11. The van der Waals surface area contributed by atoms with E-state index in [0.29, 0.717) is 6.42 Å². The van der Waals surface area contributed by atoms with Crippen molar-refractivity contribution in [3.8, 4) is 0 Å². The van der Waals surface area contributed by atoms with Crippen LogP contribution in [-0.2, 0) is 4.79 Å². The number of nitrogens with one attached hydrogen (secondary N) is 7. The quantitative estimate of drug-likeness (QED) is 0.232. The Morgan fingerprint density at radius 3 is 1.52 bits per heavy atom. The van der Waals surface area contributed by atoms with Crippen LogP contribution in [0.4, 0.5) is 14.4 Å². The Hall–Kier alpha value is -3.15. The maximum absolute atomic E-state index is 11.2. The topological polar surface area (TPSA) is 152 Å². The predicted octanol–water partition coefficient (Wildman–Crippen LogP) is 1.35. The second-order valence-electron chi connectivity index (χ2n) is 5.12. The molecule has 0 bridgehead atoms. The minimum Gasteiger partial charge on any atom is -0.341 e. The average molecular weight is 458 g/mol. The molecule has 0 aromatic heterocycles. The van der Waals surface area contributed by atoms with Crippen LogP contribution in [0.15, 0.2) is 35.2 Å². The standard InChI is InChI=1S/C10H21N7O4.C7H8S.C2H6/c1-3-7(18)12-4-14-9(20)16-6-17-10(21)15-5-13-8(19)11-2;1-8-7-5-3-2-4-6-7;1-2/h3-6H2,1-2H3,(H,12,18)(H2,11,13,19)(H2,14,16,20)(H2,15,17,21);2-6H,1H3;1-2H3. The van der Waals surface area contributed by atoms with E-state index >= 15 is 0 Å². The summed E-state index contributed by atoms with van der Waals surface area (Å²) in [6.07, 6.45) is 2.41. The Morgan fingerprint density at radius 1 is 0.742 bits per heavy atom. The third kappa shape index (κ3) is 19.9. The summed E-state index contributed by atoms with van der Waals surface area (Å²) < 4.78 is 0. The molecule has 0 radical (unpaired) electrons. The Morgan fingerprint density at radius 2 is 1.16 bits per heavy atom. The van der Waals surface area contributed by atoms with Crippen molar-refractivity contribution >= 4 is 35.8 Å². The van der Waals surface area contributed by atoms with Crippen molar-refractivity contribution in [3.05, 3.63) is 30.3 Å². The maximum atomic E-state index is 11.2. The van der Waals surface area contributed by atoms with Gasteiger partial charge in [0, 0.05) is 18.4 Å². The molecule has 0 aliphatic rings. The molecule has 0 unspecified atom stereocenters. The Labute approximate surface area is 188 Å². The molecule has 0 fully saturated rings. The van der Waals surface area contributed by atoms with Gasteiger partial charge in [0.1, 0.15) is 0 Å². The third-order valence-corrected chi connectivity index (χ3v) is 3.80. The molecule has 1 aromatic rings. The van der Waals surface area contributed by atoms with Gasteiger partial charge in [0.15, 0.2) is 0 Å². The molecule has 0 atom stereocenters. The molecule has 0 saturated carbocycles. The fourth-order valence-corrected chi connectivity index (χ4v) is 1.96. The molecular formula is C19H35N7O4S. The lowest BCUT2D eigenvalue weighted by Crippen LogP contribution is -2.49. The zero-order valence-electron chi connectivity index (χ0n) is 18.8. The van der Waals surface area contributed by atoms with Gasteiger partial charge in [0.05, 0.1) is 20.0 Å². The van der Waals surface area contributed by atoms with Gasteiger partial charge in [0.2, 0.25) is 5.91 Å². The molecule has 0 aliphatic heterocycles. The largest absolute Gasteiger partial charge is 0.341 e. The second-order valence-corrected chi connectivity index (χ2v) is 6.00. The lowest BCUT2D eigenvalue weighted by molar-refractivity contribution is -0.120. The molecule has 11 nitrogen and oxygen atoms in total. The molecule has 31 heavy (non-hydrogen) atoms. The maximum Gasteiger partial charge on any atom is 0.317 e. The van der Waals surface area contributed by atoms with Crippen molar-refractivity contribution in [3.63, 3.8) is 0 Å². The smallest absolute Gasteiger partial charge is 0.317 e. The average Bonchev–Trinajstić information content (AvgIpc) is 2.81. The summed E-state index contributed by atoms with van der Waals surface area (Å²) in [6.45, 7) is 5.53. The van der Waals surface area contributed by atoms with E-state index in [9.17, 15) is 19.2 Å². The van der Waals surface area contributed by atoms with E-state index in [-0.39, 0.29) is 25.9 Å². The van der Waals surface area contributed by atoms with Gasteiger partial charge in [-0.2, -0.15) is 0 Å². The molecule has 176 valence electrons. The van der Waals surface area contributed by atoms with Crippen molar-refractivity contribution in [1.82, 2.24) is 37.2 Å². The molecule has 0 spiro atoms.